The standard InChI is InChI=1S/C8H12N4OS/c1-5(2)14-8-10-7(4-9-11-8)6(3)12-13/h4-5,13H,1-3H3/b12-6+. The third-order valence-corrected chi connectivity index (χ3v) is 2.26. The minimum Gasteiger partial charge on any atom is -0.411 e. The Labute approximate surface area is 86.7 Å². The highest BCUT2D eigenvalue weighted by molar-refractivity contribution is 7.99. The zero-order valence-electron chi connectivity index (χ0n) is 8.30. The van der Waals surface area contributed by atoms with E-state index in [-0.39, 0.29) is 0 Å². The third kappa shape index (κ3) is 2.95. The largest absolute Gasteiger partial charge is 0.411 e. The predicted molar refractivity (Wildman–Crippen MR) is 54.8 cm³/mol. The molecule has 0 unspecified atom stereocenters. The molecule has 6 heteroatoms. The normalized spacial score (nSPS) is 12.1. The second-order valence-electron chi connectivity index (χ2n) is 2.98. The van der Waals surface area contributed by atoms with Crippen LogP contribution in [0.15, 0.2) is 16.5 Å². The van der Waals surface area contributed by atoms with Gasteiger partial charge in [-0.05, 0) is 6.92 Å². The van der Waals surface area contributed by atoms with Crippen LogP contribution in [0.4, 0.5) is 0 Å². The van der Waals surface area contributed by atoms with Crippen molar-refractivity contribution in [1.29, 1.82) is 0 Å². The summed E-state index contributed by atoms with van der Waals surface area (Å²) in [5.41, 5.74) is 0.983. The molecule has 76 valence electrons. The SMILES string of the molecule is C/C(=N\O)c1cnnc(SC(C)C)n1. The first-order valence-electron chi connectivity index (χ1n) is 4.19. The van der Waals surface area contributed by atoms with Crippen molar-refractivity contribution < 1.29 is 5.21 Å². The van der Waals surface area contributed by atoms with Crippen LogP contribution in [0, 0.1) is 0 Å². The Morgan fingerprint density at radius 2 is 2.29 bits per heavy atom. The smallest absolute Gasteiger partial charge is 0.209 e. The predicted octanol–water partition coefficient (Wildman–Crippen LogP) is 1.57. The Hall–Kier alpha value is -1.17. The van der Waals surface area contributed by atoms with Gasteiger partial charge in [-0.1, -0.05) is 30.8 Å². The van der Waals surface area contributed by atoms with Gasteiger partial charge in [0.2, 0.25) is 5.16 Å². The first kappa shape index (κ1) is 10.9. The highest BCUT2D eigenvalue weighted by Gasteiger charge is 2.06. The summed E-state index contributed by atoms with van der Waals surface area (Å²) in [6, 6.07) is 0. The van der Waals surface area contributed by atoms with E-state index < -0.39 is 0 Å². The molecule has 0 radical (unpaired) electrons. The van der Waals surface area contributed by atoms with Crippen molar-refractivity contribution in [3.63, 3.8) is 0 Å². The van der Waals surface area contributed by atoms with Gasteiger partial charge in [0.05, 0.1) is 6.20 Å². The molecule has 0 bridgehead atoms. The number of rotatable bonds is 3. The second-order valence-corrected chi connectivity index (χ2v) is 4.52. The Morgan fingerprint density at radius 3 is 2.86 bits per heavy atom. The van der Waals surface area contributed by atoms with Crippen LogP contribution in [0.25, 0.3) is 0 Å². The lowest BCUT2D eigenvalue weighted by atomic mass is 10.3. The lowest BCUT2D eigenvalue weighted by molar-refractivity contribution is 0.319. The minimum absolute atomic E-state index is 0.401. The van der Waals surface area contributed by atoms with Crippen LogP contribution in [0.1, 0.15) is 26.5 Å². The number of nitrogens with zero attached hydrogens (tertiary/aromatic N) is 4. The lowest BCUT2D eigenvalue weighted by Gasteiger charge is -2.02. The molecule has 0 saturated heterocycles. The Bertz CT molecular complexity index is 340. The average molecular weight is 212 g/mol. The van der Waals surface area contributed by atoms with E-state index in [0.717, 1.165) is 0 Å². The summed E-state index contributed by atoms with van der Waals surface area (Å²) in [4.78, 5) is 4.18. The zero-order valence-corrected chi connectivity index (χ0v) is 9.12. The molecule has 1 rings (SSSR count). The maximum atomic E-state index is 8.55. The van der Waals surface area contributed by atoms with Crippen LogP contribution >= 0.6 is 11.8 Å². The number of hydrogen-bond acceptors (Lipinski definition) is 6. The molecule has 1 aromatic rings. The molecule has 0 spiro atoms. The fourth-order valence-electron chi connectivity index (χ4n) is 0.774. The number of aromatic nitrogens is 3. The van der Waals surface area contributed by atoms with Crippen molar-refractivity contribution in [3.8, 4) is 0 Å². The second kappa shape index (κ2) is 4.90. The molecule has 5 nitrogen and oxygen atoms in total. The van der Waals surface area contributed by atoms with Crippen LogP contribution in [0.3, 0.4) is 0 Å². The van der Waals surface area contributed by atoms with E-state index in [1.807, 2.05) is 13.8 Å². The van der Waals surface area contributed by atoms with E-state index in [4.69, 9.17) is 5.21 Å². The molecule has 0 aliphatic rings. The van der Waals surface area contributed by atoms with Gasteiger partial charge in [0, 0.05) is 5.25 Å². The Balaban J connectivity index is 2.90. The number of oxime groups is 1. The van der Waals surface area contributed by atoms with Crippen LogP contribution < -0.4 is 0 Å². The van der Waals surface area contributed by atoms with Gasteiger partial charge >= 0.3 is 0 Å². The first-order chi connectivity index (χ1) is 6.63. The van der Waals surface area contributed by atoms with Gasteiger partial charge in [0.25, 0.3) is 0 Å². The summed E-state index contributed by atoms with van der Waals surface area (Å²) in [7, 11) is 0. The maximum Gasteiger partial charge on any atom is 0.209 e. The van der Waals surface area contributed by atoms with Gasteiger partial charge in [-0.25, -0.2) is 4.98 Å². The van der Waals surface area contributed by atoms with E-state index in [9.17, 15) is 0 Å². The monoisotopic (exact) mass is 212 g/mol. The quantitative estimate of drug-likeness (QED) is 0.356. The van der Waals surface area contributed by atoms with Gasteiger partial charge < -0.3 is 5.21 Å². The molecule has 0 aliphatic heterocycles. The summed E-state index contributed by atoms with van der Waals surface area (Å²) in [6.07, 6.45) is 1.47. The van der Waals surface area contributed by atoms with E-state index in [1.165, 1.54) is 18.0 Å². The van der Waals surface area contributed by atoms with Gasteiger partial charge in [-0.3, -0.25) is 0 Å². The molecule has 1 N–H and O–H groups in total. The molecule has 0 aliphatic carbocycles. The summed E-state index contributed by atoms with van der Waals surface area (Å²) in [5.74, 6) is 0. The summed E-state index contributed by atoms with van der Waals surface area (Å²) in [5, 5.41) is 20.3. The van der Waals surface area contributed by atoms with Crippen molar-refractivity contribution in [1.82, 2.24) is 15.2 Å². The van der Waals surface area contributed by atoms with E-state index in [1.54, 1.807) is 6.92 Å². The molecule has 0 amide bonds. The van der Waals surface area contributed by atoms with Gasteiger partial charge in [0.15, 0.2) is 0 Å². The topological polar surface area (TPSA) is 71.3 Å². The average Bonchev–Trinajstić information content (AvgIpc) is 2.16. The van der Waals surface area contributed by atoms with Crippen LogP contribution in [0.5, 0.6) is 0 Å². The molecule has 1 aromatic heterocycles. The van der Waals surface area contributed by atoms with Gasteiger partial charge in [-0.2, -0.15) is 5.10 Å². The van der Waals surface area contributed by atoms with Crippen LogP contribution in [-0.2, 0) is 0 Å². The van der Waals surface area contributed by atoms with Crippen LogP contribution in [0.2, 0.25) is 0 Å². The van der Waals surface area contributed by atoms with Crippen molar-refractivity contribution in [3.05, 3.63) is 11.9 Å². The molecule has 0 fully saturated rings. The lowest BCUT2D eigenvalue weighted by Crippen LogP contribution is -2.03. The van der Waals surface area contributed by atoms with Crippen molar-refractivity contribution in [2.75, 3.05) is 0 Å². The third-order valence-electron chi connectivity index (χ3n) is 1.40. The summed E-state index contributed by atoms with van der Waals surface area (Å²) in [6.45, 7) is 5.76. The Morgan fingerprint density at radius 1 is 1.57 bits per heavy atom. The Kier molecular flexibility index (Phi) is 3.82. The first-order valence-corrected chi connectivity index (χ1v) is 5.07. The van der Waals surface area contributed by atoms with E-state index in [2.05, 4.69) is 20.3 Å². The molecular weight excluding hydrogens is 200 g/mol. The fraction of sp³-hybridized carbons (Fsp3) is 0.500. The summed E-state index contributed by atoms with van der Waals surface area (Å²) < 4.78 is 0. The highest BCUT2D eigenvalue weighted by Crippen LogP contribution is 2.17. The molecule has 14 heavy (non-hydrogen) atoms. The highest BCUT2D eigenvalue weighted by atomic mass is 32.2. The van der Waals surface area contributed by atoms with Gasteiger partial charge in [-0.15, -0.1) is 5.10 Å². The molecular formula is C8H12N4OS. The molecule has 0 saturated carbocycles. The molecule has 1 heterocycles. The maximum absolute atomic E-state index is 8.55. The van der Waals surface area contributed by atoms with Crippen LogP contribution in [-0.4, -0.2) is 31.4 Å². The molecule has 0 aromatic carbocycles. The summed E-state index contributed by atoms with van der Waals surface area (Å²) >= 11 is 1.52. The molecule has 0 atom stereocenters. The van der Waals surface area contributed by atoms with Crippen molar-refractivity contribution >= 4 is 17.5 Å². The zero-order chi connectivity index (χ0) is 10.6. The number of thioether (sulfide) groups is 1. The number of hydrogen-bond donors (Lipinski definition) is 1. The van der Waals surface area contributed by atoms with Crippen molar-refractivity contribution in [2.45, 2.75) is 31.2 Å². The van der Waals surface area contributed by atoms with Gasteiger partial charge in [0.1, 0.15) is 11.4 Å². The minimum atomic E-state index is 0.401. The van der Waals surface area contributed by atoms with Crippen molar-refractivity contribution in [2.24, 2.45) is 5.16 Å². The van der Waals surface area contributed by atoms with E-state index >= 15 is 0 Å². The fourth-order valence-corrected chi connectivity index (χ4v) is 1.44. The van der Waals surface area contributed by atoms with E-state index in [0.29, 0.717) is 21.8 Å².